The van der Waals surface area contributed by atoms with E-state index in [0.717, 1.165) is 5.56 Å². The summed E-state index contributed by atoms with van der Waals surface area (Å²) in [4.78, 5) is 44.4. The van der Waals surface area contributed by atoms with Gasteiger partial charge in [0.25, 0.3) is 0 Å². The van der Waals surface area contributed by atoms with Gasteiger partial charge in [0, 0.05) is 25.5 Å². The van der Waals surface area contributed by atoms with E-state index in [4.69, 9.17) is 0 Å². The van der Waals surface area contributed by atoms with Crippen LogP contribution in [0.3, 0.4) is 0 Å². The molecular formula is C18H19N3O3. The molecule has 6 heteroatoms. The molecule has 6 nitrogen and oxygen atoms in total. The molecule has 0 bridgehead atoms. The van der Waals surface area contributed by atoms with E-state index in [1.54, 1.807) is 23.4 Å². The summed E-state index contributed by atoms with van der Waals surface area (Å²) in [7, 11) is 0. The van der Waals surface area contributed by atoms with Crippen LogP contribution in [-0.2, 0) is 20.8 Å². The number of aromatic nitrogens is 1. The molecule has 24 heavy (non-hydrogen) atoms. The quantitative estimate of drug-likeness (QED) is 0.608. The molecule has 0 radical (unpaired) electrons. The fourth-order valence-electron chi connectivity index (χ4n) is 3.80. The minimum atomic E-state index is -0.192. The summed E-state index contributed by atoms with van der Waals surface area (Å²) in [6, 6.07) is 3.51. The Bertz CT molecular complexity index is 683. The van der Waals surface area contributed by atoms with Gasteiger partial charge in [0.15, 0.2) is 0 Å². The van der Waals surface area contributed by atoms with Crippen LogP contribution < -0.4 is 0 Å². The second kappa shape index (κ2) is 5.85. The van der Waals surface area contributed by atoms with E-state index in [2.05, 4.69) is 4.98 Å². The zero-order valence-corrected chi connectivity index (χ0v) is 13.3. The van der Waals surface area contributed by atoms with E-state index in [9.17, 15) is 14.4 Å². The minimum Gasteiger partial charge on any atom is -0.338 e. The molecule has 0 aromatic carbocycles. The molecule has 4 rings (SSSR count). The number of amides is 3. The Morgan fingerprint density at radius 1 is 1.12 bits per heavy atom. The maximum absolute atomic E-state index is 12.5. The Hall–Kier alpha value is -2.50. The van der Waals surface area contributed by atoms with Crippen LogP contribution in [-0.4, -0.2) is 51.6 Å². The highest BCUT2D eigenvalue weighted by molar-refractivity contribution is 6.06. The number of imide groups is 1. The van der Waals surface area contributed by atoms with Gasteiger partial charge in [-0.25, -0.2) is 0 Å². The normalized spacial score (nSPS) is 26.5. The third-order valence-corrected chi connectivity index (χ3v) is 5.20. The number of carbonyl (C=O) groups excluding carboxylic acids is 3. The summed E-state index contributed by atoms with van der Waals surface area (Å²) in [6.45, 7) is 0.896. The van der Waals surface area contributed by atoms with Crippen LogP contribution in [0.15, 0.2) is 36.7 Å². The molecule has 3 aliphatic rings. The topological polar surface area (TPSA) is 70.6 Å². The van der Waals surface area contributed by atoms with Gasteiger partial charge in [0.05, 0.1) is 24.3 Å². The van der Waals surface area contributed by atoms with Crippen LogP contribution >= 0.6 is 0 Å². The molecule has 3 heterocycles. The maximum atomic E-state index is 12.5. The molecule has 1 aliphatic carbocycles. The van der Waals surface area contributed by atoms with Crippen molar-refractivity contribution in [2.45, 2.75) is 25.3 Å². The summed E-state index contributed by atoms with van der Waals surface area (Å²) in [5, 5.41) is 0. The van der Waals surface area contributed by atoms with Crippen LogP contribution in [0.25, 0.3) is 0 Å². The molecule has 2 fully saturated rings. The number of nitrogens with zero attached hydrogens (tertiary/aromatic N) is 3. The number of hydrogen-bond donors (Lipinski definition) is 0. The van der Waals surface area contributed by atoms with Gasteiger partial charge in [-0.3, -0.25) is 24.3 Å². The molecule has 2 aliphatic heterocycles. The monoisotopic (exact) mass is 325 g/mol. The van der Waals surface area contributed by atoms with E-state index in [1.807, 2.05) is 18.2 Å². The average Bonchev–Trinajstić information content (AvgIpc) is 2.80. The Labute approximate surface area is 140 Å². The van der Waals surface area contributed by atoms with Crippen molar-refractivity contribution >= 4 is 17.7 Å². The lowest BCUT2D eigenvalue weighted by atomic mass is 9.85. The first-order valence-corrected chi connectivity index (χ1v) is 8.33. The van der Waals surface area contributed by atoms with Crippen molar-refractivity contribution in [3.05, 3.63) is 42.2 Å². The lowest BCUT2D eigenvalue weighted by Crippen LogP contribution is -2.62. The molecule has 124 valence electrons. The van der Waals surface area contributed by atoms with Gasteiger partial charge in [-0.05, 0) is 24.5 Å². The minimum absolute atomic E-state index is 0.0115. The molecule has 2 unspecified atom stereocenters. The Morgan fingerprint density at radius 3 is 2.38 bits per heavy atom. The van der Waals surface area contributed by atoms with Gasteiger partial charge in [-0.2, -0.15) is 0 Å². The number of hydrogen-bond acceptors (Lipinski definition) is 4. The number of fused-ring (bicyclic) bond motifs is 1. The highest BCUT2D eigenvalue weighted by atomic mass is 16.2. The van der Waals surface area contributed by atoms with Crippen molar-refractivity contribution in [3.8, 4) is 0 Å². The fraction of sp³-hybridized carbons (Fsp3) is 0.444. The second-order valence-electron chi connectivity index (χ2n) is 6.69. The van der Waals surface area contributed by atoms with E-state index >= 15 is 0 Å². The van der Waals surface area contributed by atoms with Crippen LogP contribution in [0.5, 0.6) is 0 Å². The fourth-order valence-corrected chi connectivity index (χ4v) is 3.80. The molecule has 1 aromatic rings. The van der Waals surface area contributed by atoms with Gasteiger partial charge < -0.3 is 4.90 Å². The Morgan fingerprint density at radius 2 is 1.79 bits per heavy atom. The van der Waals surface area contributed by atoms with Crippen LogP contribution in [0.4, 0.5) is 0 Å². The second-order valence-corrected chi connectivity index (χ2v) is 6.69. The van der Waals surface area contributed by atoms with Gasteiger partial charge >= 0.3 is 0 Å². The van der Waals surface area contributed by atoms with E-state index in [-0.39, 0.29) is 35.6 Å². The van der Waals surface area contributed by atoms with Crippen molar-refractivity contribution in [1.29, 1.82) is 0 Å². The maximum Gasteiger partial charge on any atom is 0.233 e. The summed E-state index contributed by atoms with van der Waals surface area (Å²) >= 11 is 0. The summed E-state index contributed by atoms with van der Waals surface area (Å²) in [5.74, 6) is -0.486. The summed E-state index contributed by atoms with van der Waals surface area (Å²) < 4.78 is 0. The number of carbonyl (C=O) groups is 3. The number of pyridine rings is 1. The van der Waals surface area contributed by atoms with Crippen molar-refractivity contribution in [1.82, 2.24) is 14.8 Å². The first-order chi connectivity index (χ1) is 11.6. The van der Waals surface area contributed by atoms with Crippen LogP contribution in [0.1, 0.15) is 18.4 Å². The third-order valence-electron chi connectivity index (χ3n) is 5.20. The molecule has 2 saturated heterocycles. The summed E-state index contributed by atoms with van der Waals surface area (Å²) in [6.07, 6.45) is 8.94. The number of likely N-dealkylation sites (tertiary alicyclic amines) is 2. The van der Waals surface area contributed by atoms with Crippen LogP contribution in [0.2, 0.25) is 0 Å². The third kappa shape index (κ3) is 2.42. The van der Waals surface area contributed by atoms with Crippen molar-refractivity contribution in [3.63, 3.8) is 0 Å². The number of rotatable bonds is 3. The molecule has 0 spiro atoms. The first kappa shape index (κ1) is 15.1. The van der Waals surface area contributed by atoms with Gasteiger partial charge in [0.1, 0.15) is 0 Å². The largest absolute Gasteiger partial charge is 0.338 e. The lowest BCUT2D eigenvalue weighted by Gasteiger charge is -2.43. The zero-order chi connectivity index (χ0) is 16.7. The van der Waals surface area contributed by atoms with Crippen LogP contribution in [0, 0.1) is 11.8 Å². The Balaban J connectivity index is 1.37. The molecule has 2 atom stereocenters. The number of allylic oxidation sites excluding steroid dienone is 2. The molecular weight excluding hydrogens is 306 g/mol. The SMILES string of the molecule is O=C(Cc1cccnc1)N1CC(N2C(=O)C3CC=CCC3C2=O)C1. The smallest absolute Gasteiger partial charge is 0.233 e. The molecule has 3 amide bonds. The summed E-state index contributed by atoms with van der Waals surface area (Å²) in [5.41, 5.74) is 0.872. The highest BCUT2D eigenvalue weighted by Gasteiger charge is 2.52. The van der Waals surface area contributed by atoms with E-state index in [1.165, 1.54) is 4.90 Å². The van der Waals surface area contributed by atoms with Crippen molar-refractivity contribution < 1.29 is 14.4 Å². The van der Waals surface area contributed by atoms with E-state index in [0.29, 0.717) is 32.4 Å². The van der Waals surface area contributed by atoms with Gasteiger partial charge in [-0.15, -0.1) is 0 Å². The standard InChI is InChI=1S/C18H19N3O3/c22-16(8-12-4-3-7-19-9-12)20-10-13(11-20)21-17(23)14-5-1-2-6-15(14)18(21)24/h1-4,7,9,13-15H,5-6,8,10-11H2. The highest BCUT2D eigenvalue weighted by Crippen LogP contribution is 2.37. The molecule has 1 aromatic heterocycles. The Kier molecular flexibility index (Phi) is 3.67. The zero-order valence-electron chi connectivity index (χ0n) is 13.3. The van der Waals surface area contributed by atoms with E-state index < -0.39 is 0 Å². The molecule has 0 N–H and O–H groups in total. The van der Waals surface area contributed by atoms with Gasteiger partial charge in [0.2, 0.25) is 17.7 Å². The van der Waals surface area contributed by atoms with Gasteiger partial charge in [-0.1, -0.05) is 18.2 Å². The van der Waals surface area contributed by atoms with Crippen molar-refractivity contribution in [2.75, 3.05) is 13.1 Å². The average molecular weight is 325 g/mol. The first-order valence-electron chi connectivity index (χ1n) is 8.33. The molecule has 0 saturated carbocycles. The van der Waals surface area contributed by atoms with Crippen molar-refractivity contribution in [2.24, 2.45) is 11.8 Å². The lowest BCUT2D eigenvalue weighted by molar-refractivity contribution is -0.152. The predicted octanol–water partition coefficient (Wildman–Crippen LogP) is 0.786. The predicted molar refractivity (Wildman–Crippen MR) is 85.5 cm³/mol.